The lowest BCUT2D eigenvalue weighted by Crippen LogP contribution is -2.37. The van der Waals surface area contributed by atoms with Gasteiger partial charge in [-0.05, 0) is 61.4 Å². The van der Waals surface area contributed by atoms with Gasteiger partial charge in [0.05, 0.1) is 17.0 Å². The van der Waals surface area contributed by atoms with Gasteiger partial charge in [-0.15, -0.1) is 0 Å². The fraction of sp³-hybridized carbons (Fsp3) is 0.333. The van der Waals surface area contributed by atoms with Crippen LogP contribution in [0.1, 0.15) is 66.7 Å². The van der Waals surface area contributed by atoms with Crippen LogP contribution < -0.4 is 15.6 Å². The van der Waals surface area contributed by atoms with Gasteiger partial charge in [-0.1, -0.05) is 62.4 Å². The fourth-order valence-corrected chi connectivity index (χ4v) is 5.13. The number of anilines is 2. The Morgan fingerprint density at radius 2 is 1.72 bits per heavy atom. The number of benzene rings is 3. The standard InChI is InChI=1S/C33H36N2O4/c1-22-18-26(31-27(19-22)29(36)20-30(39-31)35-16-14-33(3,4)15-17-35)23(2)34-28-13-9-8-12-25(28)32(37)38-21-24-10-6-5-7-11-24/h5-13,18-20,23,34H,14-17,21H2,1-4H3/t23-/m1/s1. The van der Waals surface area contributed by atoms with Gasteiger partial charge in [-0.2, -0.15) is 0 Å². The molecule has 0 unspecified atom stereocenters. The molecule has 6 nitrogen and oxygen atoms in total. The molecule has 0 radical (unpaired) electrons. The molecule has 1 saturated heterocycles. The number of piperidine rings is 1. The molecule has 3 aromatic carbocycles. The van der Waals surface area contributed by atoms with Gasteiger partial charge in [0.25, 0.3) is 0 Å². The minimum atomic E-state index is -0.398. The van der Waals surface area contributed by atoms with Crippen molar-refractivity contribution in [1.82, 2.24) is 0 Å². The van der Waals surface area contributed by atoms with E-state index in [1.54, 1.807) is 12.1 Å². The number of nitrogens with zero attached hydrogens (tertiary/aromatic N) is 1. The van der Waals surface area contributed by atoms with E-state index in [0.29, 0.717) is 33.5 Å². The Morgan fingerprint density at radius 1 is 1.03 bits per heavy atom. The van der Waals surface area contributed by atoms with E-state index in [1.165, 1.54) is 0 Å². The van der Waals surface area contributed by atoms with E-state index in [-0.39, 0.29) is 18.1 Å². The van der Waals surface area contributed by atoms with E-state index < -0.39 is 5.97 Å². The summed E-state index contributed by atoms with van der Waals surface area (Å²) in [5, 5.41) is 4.04. The molecule has 1 aliphatic heterocycles. The molecule has 5 rings (SSSR count). The molecule has 4 aromatic rings. The second-order valence-corrected chi connectivity index (χ2v) is 11.3. The average Bonchev–Trinajstić information content (AvgIpc) is 2.92. The van der Waals surface area contributed by atoms with Crippen LogP contribution in [0.15, 0.2) is 82.0 Å². The van der Waals surface area contributed by atoms with Crippen molar-refractivity contribution in [2.24, 2.45) is 5.41 Å². The number of carbonyl (C=O) groups is 1. The number of ether oxygens (including phenoxy) is 1. The number of hydrogen-bond donors (Lipinski definition) is 1. The minimum absolute atomic E-state index is 0.0434. The Labute approximate surface area is 229 Å². The van der Waals surface area contributed by atoms with E-state index in [1.807, 2.05) is 74.5 Å². The highest BCUT2D eigenvalue weighted by molar-refractivity contribution is 5.95. The molecule has 1 aromatic heterocycles. The summed E-state index contributed by atoms with van der Waals surface area (Å²) in [7, 11) is 0. The summed E-state index contributed by atoms with van der Waals surface area (Å²) >= 11 is 0. The summed E-state index contributed by atoms with van der Waals surface area (Å²) in [6, 6.07) is 22.3. The average molecular weight is 525 g/mol. The van der Waals surface area contributed by atoms with Crippen LogP contribution in [0.2, 0.25) is 0 Å². The number of rotatable bonds is 7. The van der Waals surface area contributed by atoms with Crippen molar-refractivity contribution in [2.75, 3.05) is 23.3 Å². The van der Waals surface area contributed by atoms with Gasteiger partial charge in [0, 0.05) is 30.4 Å². The third-order valence-electron chi connectivity index (χ3n) is 7.62. The first kappa shape index (κ1) is 26.5. The van der Waals surface area contributed by atoms with Gasteiger partial charge >= 0.3 is 5.97 Å². The van der Waals surface area contributed by atoms with Crippen LogP contribution in [0, 0.1) is 12.3 Å². The lowest BCUT2D eigenvalue weighted by atomic mass is 9.83. The molecule has 0 aliphatic carbocycles. The lowest BCUT2D eigenvalue weighted by molar-refractivity contribution is 0.0474. The molecule has 202 valence electrons. The molecule has 1 atom stereocenters. The number of esters is 1. The summed E-state index contributed by atoms with van der Waals surface area (Å²) in [5.41, 5.74) is 4.72. The maximum absolute atomic E-state index is 13.2. The SMILES string of the molecule is Cc1cc([C@@H](C)Nc2ccccc2C(=O)OCc2ccccc2)c2oc(N3CCC(C)(C)CC3)cc(=O)c2c1. The number of carbonyl (C=O) groups excluding carboxylic acids is 1. The number of nitrogens with one attached hydrogen (secondary N) is 1. The second kappa shape index (κ2) is 11.0. The molecule has 6 heteroatoms. The topological polar surface area (TPSA) is 71.8 Å². The van der Waals surface area contributed by atoms with Crippen molar-refractivity contribution in [3.05, 3.63) is 105 Å². The maximum atomic E-state index is 13.2. The van der Waals surface area contributed by atoms with Gasteiger partial charge in [0.1, 0.15) is 12.2 Å². The smallest absolute Gasteiger partial charge is 0.340 e. The zero-order chi connectivity index (χ0) is 27.6. The molecule has 2 heterocycles. The monoisotopic (exact) mass is 524 g/mol. The predicted molar refractivity (Wildman–Crippen MR) is 156 cm³/mol. The number of fused-ring (bicyclic) bond motifs is 1. The molecule has 0 spiro atoms. The normalized spacial score (nSPS) is 15.6. The lowest BCUT2D eigenvalue weighted by Gasteiger charge is -2.37. The third kappa shape index (κ3) is 6.00. The highest BCUT2D eigenvalue weighted by Crippen LogP contribution is 2.34. The van der Waals surface area contributed by atoms with Gasteiger partial charge in [-0.3, -0.25) is 4.79 Å². The zero-order valence-corrected chi connectivity index (χ0v) is 23.1. The summed E-state index contributed by atoms with van der Waals surface area (Å²) in [4.78, 5) is 28.4. The molecule has 1 fully saturated rings. The van der Waals surface area contributed by atoms with E-state index in [0.717, 1.165) is 42.6 Å². The van der Waals surface area contributed by atoms with Gasteiger partial charge in [0.15, 0.2) is 11.3 Å². The Bertz CT molecular complexity index is 1530. The Hall–Kier alpha value is -4.06. The molecular formula is C33H36N2O4. The first-order valence-electron chi connectivity index (χ1n) is 13.6. The molecule has 1 aliphatic rings. The summed E-state index contributed by atoms with van der Waals surface area (Å²) in [6.07, 6.45) is 2.09. The Balaban J connectivity index is 1.43. The van der Waals surface area contributed by atoms with Crippen LogP contribution in [0.4, 0.5) is 11.6 Å². The summed E-state index contributed by atoms with van der Waals surface area (Å²) in [6.45, 7) is 10.5. The van der Waals surface area contributed by atoms with Crippen LogP contribution >= 0.6 is 0 Å². The Morgan fingerprint density at radius 3 is 2.46 bits per heavy atom. The zero-order valence-electron chi connectivity index (χ0n) is 23.1. The predicted octanol–water partition coefficient (Wildman–Crippen LogP) is 7.26. The van der Waals surface area contributed by atoms with Crippen molar-refractivity contribution in [3.63, 3.8) is 0 Å². The minimum Gasteiger partial charge on any atom is -0.457 e. The highest BCUT2D eigenvalue weighted by Gasteiger charge is 2.27. The van der Waals surface area contributed by atoms with Crippen LogP contribution in [0.25, 0.3) is 11.0 Å². The number of hydrogen-bond acceptors (Lipinski definition) is 6. The van der Waals surface area contributed by atoms with Gasteiger partial charge in [0.2, 0.25) is 0 Å². The Kier molecular flexibility index (Phi) is 7.47. The van der Waals surface area contributed by atoms with Crippen LogP contribution in [0.5, 0.6) is 0 Å². The van der Waals surface area contributed by atoms with Crippen molar-refractivity contribution in [1.29, 1.82) is 0 Å². The van der Waals surface area contributed by atoms with Crippen molar-refractivity contribution in [3.8, 4) is 0 Å². The van der Waals surface area contributed by atoms with E-state index >= 15 is 0 Å². The first-order chi connectivity index (χ1) is 18.7. The number of para-hydroxylation sites is 1. The van der Waals surface area contributed by atoms with Crippen molar-refractivity contribution in [2.45, 2.75) is 53.2 Å². The van der Waals surface area contributed by atoms with E-state index in [2.05, 4.69) is 24.1 Å². The van der Waals surface area contributed by atoms with Gasteiger partial charge < -0.3 is 19.4 Å². The quantitative estimate of drug-likeness (QED) is 0.257. The van der Waals surface area contributed by atoms with Crippen LogP contribution in [-0.4, -0.2) is 19.1 Å². The van der Waals surface area contributed by atoms with Gasteiger partial charge in [-0.25, -0.2) is 4.79 Å². The summed E-state index contributed by atoms with van der Waals surface area (Å²) in [5.74, 6) is 0.218. The van der Waals surface area contributed by atoms with Crippen LogP contribution in [0.3, 0.4) is 0 Å². The van der Waals surface area contributed by atoms with E-state index in [4.69, 9.17) is 9.15 Å². The molecule has 0 saturated carbocycles. The maximum Gasteiger partial charge on any atom is 0.340 e. The van der Waals surface area contributed by atoms with Crippen LogP contribution in [-0.2, 0) is 11.3 Å². The second-order valence-electron chi connectivity index (χ2n) is 11.3. The molecule has 0 bridgehead atoms. The fourth-order valence-electron chi connectivity index (χ4n) is 5.13. The highest BCUT2D eigenvalue weighted by atomic mass is 16.5. The third-order valence-corrected chi connectivity index (χ3v) is 7.62. The first-order valence-corrected chi connectivity index (χ1v) is 13.6. The van der Waals surface area contributed by atoms with Crippen molar-refractivity contribution < 1.29 is 13.9 Å². The molecular weight excluding hydrogens is 488 g/mol. The molecule has 39 heavy (non-hydrogen) atoms. The summed E-state index contributed by atoms with van der Waals surface area (Å²) < 4.78 is 12.1. The van der Waals surface area contributed by atoms with E-state index in [9.17, 15) is 9.59 Å². The molecule has 1 N–H and O–H groups in total. The molecule has 0 amide bonds. The number of aryl methyl sites for hydroxylation is 1. The van der Waals surface area contributed by atoms with Crippen molar-refractivity contribution >= 4 is 28.5 Å². The largest absolute Gasteiger partial charge is 0.457 e.